The van der Waals surface area contributed by atoms with Crippen LogP contribution in [-0.2, 0) is 4.79 Å². The lowest BCUT2D eigenvalue weighted by Gasteiger charge is -2.11. The van der Waals surface area contributed by atoms with Crippen LogP contribution in [0.5, 0.6) is 5.75 Å². The topological polar surface area (TPSA) is 34.5 Å². The molecule has 1 amide bonds. The Morgan fingerprint density at radius 3 is 2.62 bits per heavy atom. The minimum absolute atomic E-state index is 0.0452. The first-order valence-electron chi connectivity index (χ1n) is 7.47. The average molecular weight is 358 g/mol. The molecule has 1 saturated heterocycles. The van der Waals surface area contributed by atoms with E-state index in [9.17, 15) is 4.79 Å². The van der Waals surface area contributed by atoms with Gasteiger partial charge in [0.15, 0.2) is 0 Å². The van der Waals surface area contributed by atoms with Crippen LogP contribution in [0.2, 0.25) is 0 Å². The van der Waals surface area contributed by atoms with Gasteiger partial charge in [0.05, 0.1) is 12.0 Å². The van der Waals surface area contributed by atoms with Crippen molar-refractivity contribution in [3.05, 3.63) is 52.2 Å². The Morgan fingerprint density at radius 2 is 2.00 bits per heavy atom. The monoisotopic (exact) mass is 358 g/mol. The molecule has 1 aromatic carbocycles. The summed E-state index contributed by atoms with van der Waals surface area (Å²) in [6, 6.07) is 10.0. The molecule has 0 N–H and O–H groups in total. The highest BCUT2D eigenvalue weighted by molar-refractivity contribution is 8.26. The molecule has 2 heterocycles. The second kappa shape index (κ2) is 6.45. The van der Waals surface area contributed by atoms with Crippen molar-refractivity contribution in [1.29, 1.82) is 0 Å². The van der Waals surface area contributed by atoms with Crippen molar-refractivity contribution in [3.63, 3.8) is 0 Å². The van der Waals surface area contributed by atoms with Crippen LogP contribution in [0.15, 0.2) is 35.2 Å². The number of carbonyl (C=O) groups is 1. The van der Waals surface area contributed by atoms with E-state index in [0.717, 1.165) is 28.4 Å². The summed E-state index contributed by atoms with van der Waals surface area (Å²) in [6.07, 6.45) is 1.92. The number of carbonyl (C=O) groups excluding carboxylic acids is 1. The van der Waals surface area contributed by atoms with Gasteiger partial charge in [-0.25, -0.2) is 0 Å². The van der Waals surface area contributed by atoms with Crippen molar-refractivity contribution in [3.8, 4) is 11.4 Å². The highest BCUT2D eigenvalue weighted by atomic mass is 32.2. The van der Waals surface area contributed by atoms with Gasteiger partial charge < -0.3 is 9.30 Å². The number of thioether (sulfide) groups is 1. The molecular weight excluding hydrogens is 340 g/mol. The molecule has 24 heavy (non-hydrogen) atoms. The van der Waals surface area contributed by atoms with E-state index in [1.807, 2.05) is 37.3 Å². The zero-order valence-electron chi connectivity index (χ0n) is 14.0. The molecule has 0 spiro atoms. The quantitative estimate of drug-likeness (QED) is 0.615. The third-order valence-electron chi connectivity index (χ3n) is 4.05. The maximum Gasteiger partial charge on any atom is 0.265 e. The number of benzene rings is 1. The third-order valence-corrected chi connectivity index (χ3v) is 5.54. The van der Waals surface area contributed by atoms with E-state index in [2.05, 4.69) is 17.6 Å². The standard InChI is InChI=1S/C18H18N2O2S2/c1-11-8-13(9-16-17(21)19(3)18(23)24-16)12(2)20(11)14-6-5-7-15(10-14)22-4/h5-10H,1-4H3. The fourth-order valence-electron chi connectivity index (χ4n) is 2.77. The number of likely N-dealkylation sites (N-methyl/N-ethyl adjacent to an activating group) is 1. The minimum atomic E-state index is -0.0452. The second-order valence-corrected chi connectivity index (χ2v) is 7.28. The molecule has 0 unspecified atom stereocenters. The van der Waals surface area contributed by atoms with Gasteiger partial charge in [-0.2, -0.15) is 0 Å². The number of nitrogens with zero attached hydrogens (tertiary/aromatic N) is 2. The molecule has 1 aromatic heterocycles. The van der Waals surface area contributed by atoms with Crippen LogP contribution >= 0.6 is 24.0 Å². The molecule has 0 bridgehead atoms. The molecule has 1 aliphatic heterocycles. The molecule has 6 heteroatoms. The van der Waals surface area contributed by atoms with E-state index in [0.29, 0.717) is 9.23 Å². The molecule has 0 atom stereocenters. The Hall–Kier alpha value is -2.05. The molecule has 1 aliphatic rings. The highest BCUT2D eigenvalue weighted by Gasteiger charge is 2.29. The van der Waals surface area contributed by atoms with Crippen molar-refractivity contribution in [2.75, 3.05) is 14.2 Å². The summed E-state index contributed by atoms with van der Waals surface area (Å²) in [4.78, 5) is 14.4. The Kier molecular flexibility index (Phi) is 4.51. The fourth-order valence-corrected chi connectivity index (χ4v) is 3.94. The Labute approximate surface area is 151 Å². The summed E-state index contributed by atoms with van der Waals surface area (Å²) in [6.45, 7) is 4.10. The van der Waals surface area contributed by atoms with Gasteiger partial charge in [-0.15, -0.1) is 0 Å². The van der Waals surface area contributed by atoms with Crippen LogP contribution in [-0.4, -0.2) is 33.9 Å². The number of hydrogen-bond acceptors (Lipinski definition) is 4. The van der Waals surface area contributed by atoms with Crippen LogP contribution < -0.4 is 4.74 Å². The maximum atomic E-state index is 12.2. The van der Waals surface area contributed by atoms with E-state index < -0.39 is 0 Å². The van der Waals surface area contributed by atoms with Crippen molar-refractivity contribution in [1.82, 2.24) is 9.47 Å². The van der Waals surface area contributed by atoms with Crippen LogP contribution in [0.4, 0.5) is 0 Å². The summed E-state index contributed by atoms with van der Waals surface area (Å²) in [5.74, 6) is 0.768. The molecule has 4 nitrogen and oxygen atoms in total. The lowest BCUT2D eigenvalue weighted by Crippen LogP contribution is -2.22. The number of methoxy groups -OCH3 is 1. The summed E-state index contributed by atoms with van der Waals surface area (Å²) >= 11 is 6.53. The van der Waals surface area contributed by atoms with Crippen molar-refractivity contribution >= 4 is 40.3 Å². The molecule has 2 aromatic rings. The van der Waals surface area contributed by atoms with Crippen LogP contribution in [0.25, 0.3) is 11.8 Å². The van der Waals surface area contributed by atoms with E-state index in [4.69, 9.17) is 17.0 Å². The van der Waals surface area contributed by atoms with Crippen LogP contribution in [0, 0.1) is 13.8 Å². The number of thiocarbonyl (C=S) groups is 1. The maximum absolute atomic E-state index is 12.2. The first-order valence-corrected chi connectivity index (χ1v) is 8.69. The van der Waals surface area contributed by atoms with Gasteiger partial charge in [-0.1, -0.05) is 30.0 Å². The van der Waals surface area contributed by atoms with Gasteiger partial charge in [0.2, 0.25) is 0 Å². The second-order valence-electron chi connectivity index (χ2n) is 5.60. The molecular formula is C18H18N2O2S2. The summed E-state index contributed by atoms with van der Waals surface area (Å²) in [5.41, 5.74) is 4.22. The number of aryl methyl sites for hydroxylation is 1. The van der Waals surface area contributed by atoms with Gasteiger partial charge in [0, 0.05) is 30.2 Å². The first kappa shape index (κ1) is 16.8. The molecule has 124 valence electrons. The first-order chi connectivity index (χ1) is 11.4. The van der Waals surface area contributed by atoms with E-state index in [1.54, 1.807) is 14.2 Å². The van der Waals surface area contributed by atoms with Crippen LogP contribution in [0.3, 0.4) is 0 Å². The highest BCUT2D eigenvalue weighted by Crippen LogP contribution is 2.33. The molecule has 0 saturated carbocycles. The summed E-state index contributed by atoms with van der Waals surface area (Å²) in [5, 5.41) is 0. The Bertz CT molecular complexity index is 868. The van der Waals surface area contributed by atoms with Crippen molar-refractivity contribution < 1.29 is 9.53 Å². The fraction of sp³-hybridized carbons (Fsp3) is 0.222. The number of aromatic nitrogens is 1. The van der Waals surface area contributed by atoms with E-state index in [-0.39, 0.29) is 5.91 Å². The summed E-state index contributed by atoms with van der Waals surface area (Å²) in [7, 11) is 3.37. The molecule has 1 fully saturated rings. The Balaban J connectivity index is 2.04. The predicted octanol–water partition coefficient (Wildman–Crippen LogP) is 3.93. The normalized spacial score (nSPS) is 16.3. The lowest BCUT2D eigenvalue weighted by molar-refractivity contribution is -0.121. The smallest absolute Gasteiger partial charge is 0.265 e. The lowest BCUT2D eigenvalue weighted by atomic mass is 10.2. The van der Waals surface area contributed by atoms with Crippen molar-refractivity contribution in [2.24, 2.45) is 0 Å². The number of amides is 1. The van der Waals surface area contributed by atoms with Gasteiger partial charge in [0.1, 0.15) is 10.1 Å². The van der Waals surface area contributed by atoms with E-state index in [1.165, 1.54) is 16.7 Å². The Morgan fingerprint density at radius 1 is 1.25 bits per heavy atom. The molecule has 0 radical (unpaired) electrons. The largest absolute Gasteiger partial charge is 0.497 e. The van der Waals surface area contributed by atoms with E-state index >= 15 is 0 Å². The minimum Gasteiger partial charge on any atom is -0.497 e. The van der Waals surface area contributed by atoms with Gasteiger partial charge in [0.25, 0.3) is 5.91 Å². The molecule has 0 aliphatic carbocycles. The molecule has 3 rings (SSSR count). The predicted molar refractivity (Wildman–Crippen MR) is 103 cm³/mol. The number of ether oxygens (including phenoxy) is 1. The van der Waals surface area contributed by atoms with Gasteiger partial charge in [-0.3, -0.25) is 9.69 Å². The third kappa shape index (κ3) is 2.87. The zero-order chi connectivity index (χ0) is 17.4. The van der Waals surface area contributed by atoms with Crippen LogP contribution in [0.1, 0.15) is 17.0 Å². The zero-order valence-corrected chi connectivity index (χ0v) is 15.6. The SMILES string of the molecule is COc1cccc(-n2c(C)cc(C=C3SC(=S)N(C)C3=O)c2C)c1. The number of hydrogen-bond donors (Lipinski definition) is 0. The summed E-state index contributed by atoms with van der Waals surface area (Å²) < 4.78 is 8.06. The van der Waals surface area contributed by atoms with Gasteiger partial charge >= 0.3 is 0 Å². The van der Waals surface area contributed by atoms with Crippen molar-refractivity contribution in [2.45, 2.75) is 13.8 Å². The van der Waals surface area contributed by atoms with Gasteiger partial charge in [-0.05, 0) is 43.7 Å². The average Bonchev–Trinajstić information content (AvgIpc) is 2.98. The number of rotatable bonds is 3.